The molecular weight excluding hydrogens is 268 g/mol. The van der Waals surface area contributed by atoms with Gasteiger partial charge >= 0.3 is 0 Å². The first-order valence-corrected chi connectivity index (χ1v) is 7.81. The Morgan fingerprint density at radius 3 is 2.71 bits per heavy atom. The number of nitrogens with zero attached hydrogens (tertiary/aromatic N) is 3. The van der Waals surface area contributed by atoms with Gasteiger partial charge < -0.3 is 15.2 Å². The van der Waals surface area contributed by atoms with Crippen molar-refractivity contribution in [2.45, 2.75) is 38.8 Å². The maximum absolute atomic E-state index is 12.4. The lowest BCUT2D eigenvalue weighted by atomic mass is 10.1. The normalized spacial score (nSPS) is 27.2. The smallest absolute Gasteiger partial charge is 0.225 e. The lowest BCUT2D eigenvalue weighted by molar-refractivity contribution is -0.137. The summed E-state index contributed by atoms with van der Waals surface area (Å²) in [5, 5.41) is 4.02. The first-order chi connectivity index (χ1) is 10.1. The van der Waals surface area contributed by atoms with Gasteiger partial charge in [0.25, 0.3) is 0 Å². The fourth-order valence-electron chi connectivity index (χ4n) is 3.35. The Morgan fingerprint density at radius 1 is 1.38 bits per heavy atom. The lowest BCUT2D eigenvalue weighted by Gasteiger charge is -2.35. The van der Waals surface area contributed by atoms with Crippen LogP contribution in [0.1, 0.15) is 30.7 Å². The molecule has 0 unspecified atom stereocenters. The van der Waals surface area contributed by atoms with Crippen LogP contribution in [0, 0.1) is 12.8 Å². The summed E-state index contributed by atoms with van der Waals surface area (Å²) in [7, 11) is 0. The van der Waals surface area contributed by atoms with Crippen molar-refractivity contribution in [2.75, 3.05) is 26.2 Å². The minimum Gasteiger partial charge on any atom is -0.361 e. The third-order valence-corrected chi connectivity index (χ3v) is 4.57. The van der Waals surface area contributed by atoms with Gasteiger partial charge in [-0.05, 0) is 26.2 Å². The van der Waals surface area contributed by atoms with Crippen molar-refractivity contribution in [3.63, 3.8) is 0 Å². The van der Waals surface area contributed by atoms with Crippen LogP contribution in [-0.2, 0) is 11.3 Å². The molecule has 2 heterocycles. The minimum atomic E-state index is 0.157. The monoisotopic (exact) mass is 292 g/mol. The summed E-state index contributed by atoms with van der Waals surface area (Å²) in [6, 6.07) is 2.19. The molecule has 2 fully saturated rings. The molecule has 21 heavy (non-hydrogen) atoms. The molecule has 1 saturated carbocycles. The SMILES string of the molecule is Cc1cc(CN2CCN(C(=O)[C@@H]3CC[C@H](N)C3)CC2)no1. The zero-order valence-corrected chi connectivity index (χ0v) is 12.6. The van der Waals surface area contributed by atoms with E-state index in [1.54, 1.807) is 0 Å². The Bertz CT molecular complexity index is 494. The predicted octanol–water partition coefficient (Wildman–Crippen LogP) is 0.755. The quantitative estimate of drug-likeness (QED) is 0.890. The van der Waals surface area contributed by atoms with Crippen LogP contribution in [0.4, 0.5) is 0 Å². The molecule has 0 aromatic carbocycles. The van der Waals surface area contributed by atoms with E-state index in [2.05, 4.69) is 10.1 Å². The fraction of sp³-hybridized carbons (Fsp3) is 0.733. The van der Waals surface area contributed by atoms with E-state index in [0.29, 0.717) is 5.91 Å². The van der Waals surface area contributed by atoms with Gasteiger partial charge in [-0.3, -0.25) is 9.69 Å². The molecule has 6 nitrogen and oxygen atoms in total. The highest BCUT2D eigenvalue weighted by Crippen LogP contribution is 2.26. The highest BCUT2D eigenvalue weighted by atomic mass is 16.5. The average molecular weight is 292 g/mol. The Balaban J connectivity index is 1.47. The summed E-state index contributed by atoms with van der Waals surface area (Å²) < 4.78 is 5.09. The number of aryl methyl sites for hydroxylation is 1. The highest BCUT2D eigenvalue weighted by molar-refractivity contribution is 5.79. The number of carbonyl (C=O) groups is 1. The van der Waals surface area contributed by atoms with E-state index in [-0.39, 0.29) is 12.0 Å². The Hall–Kier alpha value is -1.40. The van der Waals surface area contributed by atoms with E-state index >= 15 is 0 Å². The number of amides is 1. The maximum Gasteiger partial charge on any atom is 0.225 e. The largest absolute Gasteiger partial charge is 0.361 e. The van der Waals surface area contributed by atoms with E-state index in [1.165, 1.54) is 0 Å². The van der Waals surface area contributed by atoms with Crippen molar-refractivity contribution in [3.05, 3.63) is 17.5 Å². The van der Waals surface area contributed by atoms with Crippen molar-refractivity contribution < 1.29 is 9.32 Å². The van der Waals surface area contributed by atoms with Gasteiger partial charge in [0.15, 0.2) is 0 Å². The van der Waals surface area contributed by atoms with Crippen molar-refractivity contribution in [1.82, 2.24) is 15.0 Å². The van der Waals surface area contributed by atoms with Gasteiger partial charge in [0.05, 0.1) is 5.69 Å². The zero-order valence-electron chi connectivity index (χ0n) is 12.6. The molecule has 1 aliphatic carbocycles. The molecule has 3 rings (SSSR count). The molecule has 2 aliphatic rings. The molecule has 1 amide bonds. The molecule has 116 valence electrons. The molecular formula is C15H24N4O2. The van der Waals surface area contributed by atoms with Crippen LogP contribution in [-0.4, -0.2) is 53.1 Å². The standard InChI is InChI=1S/C15H24N4O2/c1-11-8-14(17-21-11)10-18-4-6-19(7-5-18)15(20)12-2-3-13(16)9-12/h8,12-13H,2-7,9-10,16H2,1H3/t12-,13+/m1/s1. The number of piperazine rings is 1. The van der Waals surface area contributed by atoms with E-state index < -0.39 is 0 Å². The van der Waals surface area contributed by atoms with Crippen LogP contribution in [0.25, 0.3) is 0 Å². The number of rotatable bonds is 3. The van der Waals surface area contributed by atoms with Crippen LogP contribution < -0.4 is 5.73 Å². The van der Waals surface area contributed by atoms with E-state index in [0.717, 1.165) is 63.4 Å². The third-order valence-electron chi connectivity index (χ3n) is 4.57. The topological polar surface area (TPSA) is 75.6 Å². The highest BCUT2D eigenvalue weighted by Gasteiger charge is 2.32. The van der Waals surface area contributed by atoms with Gasteiger partial charge in [0.1, 0.15) is 5.76 Å². The van der Waals surface area contributed by atoms with Gasteiger partial charge in [-0.15, -0.1) is 0 Å². The number of nitrogens with two attached hydrogens (primary N) is 1. The summed E-state index contributed by atoms with van der Waals surface area (Å²) in [4.78, 5) is 16.8. The van der Waals surface area contributed by atoms with Crippen LogP contribution in [0.15, 0.2) is 10.6 Å². The third kappa shape index (κ3) is 3.44. The molecule has 0 bridgehead atoms. The second-order valence-corrected chi connectivity index (χ2v) is 6.30. The molecule has 2 atom stereocenters. The maximum atomic E-state index is 12.4. The average Bonchev–Trinajstić information content (AvgIpc) is 3.08. The number of hydrogen-bond donors (Lipinski definition) is 1. The Morgan fingerprint density at radius 2 is 2.14 bits per heavy atom. The molecule has 2 N–H and O–H groups in total. The van der Waals surface area contributed by atoms with E-state index in [9.17, 15) is 4.79 Å². The molecule has 1 aromatic rings. The minimum absolute atomic E-state index is 0.157. The van der Waals surface area contributed by atoms with Gasteiger partial charge in [0.2, 0.25) is 5.91 Å². The van der Waals surface area contributed by atoms with Crippen LogP contribution in [0.2, 0.25) is 0 Å². The van der Waals surface area contributed by atoms with Crippen molar-refractivity contribution >= 4 is 5.91 Å². The first-order valence-electron chi connectivity index (χ1n) is 7.81. The summed E-state index contributed by atoms with van der Waals surface area (Å²) >= 11 is 0. The van der Waals surface area contributed by atoms with Crippen LogP contribution in [0.5, 0.6) is 0 Å². The van der Waals surface area contributed by atoms with Crippen LogP contribution >= 0.6 is 0 Å². The molecule has 1 saturated heterocycles. The van der Waals surface area contributed by atoms with Crippen molar-refractivity contribution in [3.8, 4) is 0 Å². The molecule has 6 heteroatoms. The fourth-order valence-corrected chi connectivity index (χ4v) is 3.35. The Kier molecular flexibility index (Phi) is 4.26. The van der Waals surface area contributed by atoms with E-state index in [4.69, 9.17) is 10.3 Å². The summed E-state index contributed by atoms with van der Waals surface area (Å²) in [6.45, 7) is 6.11. The van der Waals surface area contributed by atoms with Crippen molar-refractivity contribution in [2.24, 2.45) is 11.7 Å². The number of carbonyl (C=O) groups excluding carboxylic acids is 1. The van der Waals surface area contributed by atoms with Gasteiger partial charge in [-0.1, -0.05) is 5.16 Å². The zero-order chi connectivity index (χ0) is 14.8. The van der Waals surface area contributed by atoms with E-state index in [1.807, 2.05) is 17.9 Å². The molecule has 1 aromatic heterocycles. The number of aromatic nitrogens is 1. The van der Waals surface area contributed by atoms with Crippen molar-refractivity contribution in [1.29, 1.82) is 0 Å². The van der Waals surface area contributed by atoms with Gasteiger partial charge in [0, 0.05) is 50.7 Å². The predicted molar refractivity (Wildman–Crippen MR) is 78.4 cm³/mol. The number of hydrogen-bond acceptors (Lipinski definition) is 5. The molecule has 1 aliphatic heterocycles. The second kappa shape index (κ2) is 6.15. The first kappa shape index (κ1) is 14.5. The second-order valence-electron chi connectivity index (χ2n) is 6.30. The molecule has 0 radical (unpaired) electrons. The van der Waals surface area contributed by atoms with Gasteiger partial charge in [-0.2, -0.15) is 0 Å². The summed E-state index contributed by atoms with van der Waals surface area (Å²) in [6.07, 6.45) is 2.80. The van der Waals surface area contributed by atoms with Crippen LogP contribution in [0.3, 0.4) is 0 Å². The summed E-state index contributed by atoms with van der Waals surface area (Å²) in [5.41, 5.74) is 6.87. The van der Waals surface area contributed by atoms with Gasteiger partial charge in [-0.25, -0.2) is 0 Å². The Labute approximate surface area is 125 Å². The molecule has 0 spiro atoms. The lowest BCUT2D eigenvalue weighted by Crippen LogP contribution is -2.49. The summed E-state index contributed by atoms with van der Waals surface area (Å²) in [5.74, 6) is 1.31.